The first-order valence-electron chi connectivity index (χ1n) is 10.2. The van der Waals surface area contributed by atoms with Crippen molar-refractivity contribution in [2.45, 2.75) is 31.0 Å². The summed E-state index contributed by atoms with van der Waals surface area (Å²) in [5, 5.41) is 10.8. The quantitative estimate of drug-likeness (QED) is 0.892. The summed E-state index contributed by atoms with van der Waals surface area (Å²) in [7, 11) is 0. The number of nitrogens with zero attached hydrogens (tertiary/aromatic N) is 4. The first kappa shape index (κ1) is 17.2. The summed E-state index contributed by atoms with van der Waals surface area (Å²) in [5.74, 6) is 1.06. The van der Waals surface area contributed by atoms with Gasteiger partial charge in [-0.15, -0.1) is 0 Å². The van der Waals surface area contributed by atoms with E-state index < -0.39 is 0 Å². The van der Waals surface area contributed by atoms with Gasteiger partial charge in [0.05, 0.1) is 6.10 Å². The van der Waals surface area contributed by atoms with Crippen molar-refractivity contribution in [2.75, 3.05) is 44.2 Å². The molecule has 2 atom stereocenters. The fourth-order valence-electron chi connectivity index (χ4n) is 5.07. The summed E-state index contributed by atoms with van der Waals surface area (Å²) in [6.45, 7) is 5.76. The maximum absolute atomic E-state index is 10.8. The van der Waals surface area contributed by atoms with Crippen LogP contribution in [0.15, 0.2) is 48.7 Å². The Kier molecular flexibility index (Phi) is 4.60. The number of anilines is 1. The number of piperazine rings is 1. The summed E-state index contributed by atoms with van der Waals surface area (Å²) in [6.07, 6.45) is 3.88. The van der Waals surface area contributed by atoms with Gasteiger partial charge in [0.25, 0.3) is 0 Å². The van der Waals surface area contributed by atoms with Gasteiger partial charge in [0.15, 0.2) is 0 Å². The fourth-order valence-corrected chi connectivity index (χ4v) is 5.07. The second kappa shape index (κ2) is 7.23. The van der Waals surface area contributed by atoms with Gasteiger partial charge in [-0.1, -0.05) is 30.3 Å². The minimum atomic E-state index is -0.241. The molecular weight excluding hydrogens is 336 g/mol. The summed E-state index contributed by atoms with van der Waals surface area (Å²) in [6, 6.07) is 15.7. The lowest BCUT2D eigenvalue weighted by atomic mass is 10.1. The monoisotopic (exact) mass is 364 g/mol. The Bertz CT molecular complexity index is 750. The van der Waals surface area contributed by atoms with Crippen molar-refractivity contribution in [3.63, 3.8) is 0 Å². The third kappa shape index (κ3) is 3.35. The molecule has 5 heteroatoms. The molecule has 1 aliphatic carbocycles. The third-order valence-electron chi connectivity index (χ3n) is 6.59. The Morgan fingerprint density at radius 2 is 1.52 bits per heavy atom. The summed E-state index contributed by atoms with van der Waals surface area (Å²) < 4.78 is 0. The highest BCUT2D eigenvalue weighted by atomic mass is 16.3. The standard InChI is InChI=1S/C22H28N4O/c27-21-16-26(19-13-17-5-1-2-6-18(17)14-19)15-20(21)24-9-11-25(12-10-24)22-7-3-4-8-23-22/h1-8,19-21,27H,9-16H2/t20-,21-/m1/s1. The van der Waals surface area contributed by atoms with Crippen LogP contribution in [0.3, 0.4) is 0 Å². The molecule has 5 rings (SSSR count). The minimum absolute atomic E-state index is 0.241. The normalized spacial score (nSPS) is 27.2. The molecule has 3 heterocycles. The van der Waals surface area contributed by atoms with Crippen molar-refractivity contribution in [2.24, 2.45) is 0 Å². The van der Waals surface area contributed by atoms with E-state index in [1.54, 1.807) is 0 Å². The number of benzene rings is 1. The minimum Gasteiger partial charge on any atom is -0.390 e. The van der Waals surface area contributed by atoms with Crippen molar-refractivity contribution in [3.05, 3.63) is 59.8 Å². The molecule has 0 bridgehead atoms. The molecule has 142 valence electrons. The zero-order valence-corrected chi connectivity index (χ0v) is 15.7. The topological polar surface area (TPSA) is 42.8 Å². The molecule has 0 amide bonds. The van der Waals surface area contributed by atoms with E-state index in [2.05, 4.69) is 50.0 Å². The van der Waals surface area contributed by atoms with Gasteiger partial charge in [-0.3, -0.25) is 9.80 Å². The number of pyridine rings is 1. The van der Waals surface area contributed by atoms with Crippen LogP contribution in [-0.2, 0) is 12.8 Å². The average molecular weight is 364 g/mol. The maximum Gasteiger partial charge on any atom is 0.128 e. The van der Waals surface area contributed by atoms with E-state index in [0.29, 0.717) is 6.04 Å². The summed E-state index contributed by atoms with van der Waals surface area (Å²) in [4.78, 5) is 11.8. The lowest BCUT2D eigenvalue weighted by molar-refractivity contribution is 0.0789. The van der Waals surface area contributed by atoms with Crippen LogP contribution in [0.4, 0.5) is 5.82 Å². The molecule has 2 aromatic rings. The highest BCUT2D eigenvalue weighted by molar-refractivity contribution is 5.38. The van der Waals surface area contributed by atoms with Crippen LogP contribution in [0.1, 0.15) is 11.1 Å². The molecule has 1 aromatic carbocycles. The van der Waals surface area contributed by atoms with Gasteiger partial charge < -0.3 is 10.0 Å². The van der Waals surface area contributed by atoms with Crippen molar-refractivity contribution in [1.82, 2.24) is 14.8 Å². The van der Waals surface area contributed by atoms with E-state index in [-0.39, 0.29) is 12.1 Å². The SMILES string of the molecule is O[C@@H]1CN(C2Cc3ccccc3C2)C[C@H]1N1CCN(c2ccccn2)CC1. The largest absolute Gasteiger partial charge is 0.390 e. The Hall–Kier alpha value is -1.95. The smallest absolute Gasteiger partial charge is 0.128 e. The Balaban J connectivity index is 1.19. The molecule has 2 saturated heterocycles. The molecule has 0 radical (unpaired) electrons. The van der Waals surface area contributed by atoms with Gasteiger partial charge in [-0.2, -0.15) is 0 Å². The fraction of sp³-hybridized carbons (Fsp3) is 0.500. The number of rotatable bonds is 3. The zero-order chi connectivity index (χ0) is 18.2. The third-order valence-corrected chi connectivity index (χ3v) is 6.59. The Morgan fingerprint density at radius 3 is 2.19 bits per heavy atom. The number of hydrogen-bond acceptors (Lipinski definition) is 5. The van der Waals surface area contributed by atoms with Gasteiger partial charge in [-0.25, -0.2) is 4.98 Å². The number of aliphatic hydroxyl groups excluding tert-OH is 1. The van der Waals surface area contributed by atoms with Gasteiger partial charge in [0, 0.05) is 57.5 Å². The molecule has 5 nitrogen and oxygen atoms in total. The average Bonchev–Trinajstić information content (AvgIpc) is 3.32. The van der Waals surface area contributed by atoms with E-state index in [0.717, 1.165) is 57.9 Å². The number of aromatic nitrogens is 1. The molecule has 1 aromatic heterocycles. The molecule has 2 aliphatic heterocycles. The van der Waals surface area contributed by atoms with Crippen LogP contribution in [-0.4, -0.2) is 77.3 Å². The Labute approximate surface area is 161 Å². The number of β-amino-alcohol motifs (C(OH)–C–C–N with tert-alkyl or cyclic N) is 1. The second-order valence-corrected chi connectivity index (χ2v) is 8.13. The van der Waals surface area contributed by atoms with Crippen molar-refractivity contribution in [1.29, 1.82) is 0 Å². The van der Waals surface area contributed by atoms with Gasteiger partial charge in [-0.05, 0) is 36.1 Å². The molecule has 27 heavy (non-hydrogen) atoms. The summed E-state index contributed by atoms with van der Waals surface area (Å²) in [5.41, 5.74) is 2.98. The molecule has 0 saturated carbocycles. The molecule has 0 spiro atoms. The lowest BCUT2D eigenvalue weighted by Crippen LogP contribution is -2.54. The van der Waals surface area contributed by atoms with E-state index >= 15 is 0 Å². The number of fused-ring (bicyclic) bond motifs is 1. The summed E-state index contributed by atoms with van der Waals surface area (Å²) >= 11 is 0. The maximum atomic E-state index is 10.8. The highest BCUT2D eigenvalue weighted by Gasteiger charge is 2.40. The molecule has 2 fully saturated rings. The number of aliphatic hydroxyl groups is 1. The van der Waals surface area contributed by atoms with Crippen LogP contribution < -0.4 is 4.90 Å². The molecule has 3 aliphatic rings. The number of likely N-dealkylation sites (tertiary alicyclic amines) is 1. The van der Waals surface area contributed by atoms with Crippen LogP contribution in [0, 0.1) is 0 Å². The van der Waals surface area contributed by atoms with E-state index in [9.17, 15) is 5.11 Å². The zero-order valence-electron chi connectivity index (χ0n) is 15.7. The molecular formula is C22H28N4O. The van der Waals surface area contributed by atoms with Crippen LogP contribution in [0.2, 0.25) is 0 Å². The first-order chi connectivity index (χ1) is 13.3. The second-order valence-electron chi connectivity index (χ2n) is 8.13. The predicted octanol–water partition coefficient (Wildman–Crippen LogP) is 1.42. The van der Waals surface area contributed by atoms with Crippen molar-refractivity contribution >= 4 is 5.82 Å². The number of hydrogen-bond donors (Lipinski definition) is 1. The van der Waals surface area contributed by atoms with Gasteiger partial charge >= 0.3 is 0 Å². The molecule has 1 N–H and O–H groups in total. The predicted molar refractivity (Wildman–Crippen MR) is 107 cm³/mol. The molecule has 0 unspecified atom stereocenters. The van der Waals surface area contributed by atoms with Gasteiger partial charge in [0.2, 0.25) is 0 Å². The lowest BCUT2D eigenvalue weighted by Gasteiger charge is -2.39. The van der Waals surface area contributed by atoms with Crippen LogP contribution in [0.25, 0.3) is 0 Å². The van der Waals surface area contributed by atoms with Crippen molar-refractivity contribution < 1.29 is 5.11 Å². The van der Waals surface area contributed by atoms with E-state index in [1.807, 2.05) is 18.3 Å². The first-order valence-corrected chi connectivity index (χ1v) is 10.2. The van der Waals surface area contributed by atoms with Crippen LogP contribution in [0.5, 0.6) is 0 Å². The van der Waals surface area contributed by atoms with E-state index in [1.165, 1.54) is 11.1 Å². The van der Waals surface area contributed by atoms with Crippen molar-refractivity contribution in [3.8, 4) is 0 Å². The van der Waals surface area contributed by atoms with Gasteiger partial charge in [0.1, 0.15) is 5.82 Å². The van der Waals surface area contributed by atoms with E-state index in [4.69, 9.17) is 0 Å². The Morgan fingerprint density at radius 1 is 0.815 bits per heavy atom. The van der Waals surface area contributed by atoms with Crippen LogP contribution >= 0.6 is 0 Å². The highest BCUT2D eigenvalue weighted by Crippen LogP contribution is 2.29.